The van der Waals surface area contributed by atoms with Crippen LogP contribution in [0.5, 0.6) is 0 Å². The smallest absolute Gasteiger partial charge is 0.273 e. The van der Waals surface area contributed by atoms with E-state index in [9.17, 15) is 4.79 Å². The van der Waals surface area contributed by atoms with E-state index in [0.717, 1.165) is 12.5 Å². The predicted octanol–water partition coefficient (Wildman–Crippen LogP) is 2.01. The van der Waals surface area contributed by atoms with Gasteiger partial charge in [-0.15, -0.1) is 5.10 Å². The Hall–Kier alpha value is -1.47. The zero-order valence-electron chi connectivity index (χ0n) is 15.8. The van der Waals surface area contributed by atoms with Gasteiger partial charge < -0.3 is 15.0 Å². The van der Waals surface area contributed by atoms with Gasteiger partial charge >= 0.3 is 0 Å². The molecular formula is C19H31N5O2. The summed E-state index contributed by atoms with van der Waals surface area (Å²) in [6.45, 7) is 3.44. The molecule has 1 aromatic rings. The zero-order chi connectivity index (χ0) is 18.0. The summed E-state index contributed by atoms with van der Waals surface area (Å²) in [7, 11) is 1.62. The Morgan fingerprint density at radius 3 is 2.69 bits per heavy atom. The molecule has 2 aliphatic carbocycles. The van der Waals surface area contributed by atoms with E-state index in [1.165, 1.54) is 58.0 Å². The average molecular weight is 361 g/mol. The minimum absolute atomic E-state index is 0.169. The summed E-state index contributed by atoms with van der Waals surface area (Å²) < 4.78 is 6.92. The van der Waals surface area contributed by atoms with Crippen LogP contribution in [0.2, 0.25) is 0 Å². The third kappa shape index (κ3) is 3.39. The Bertz CT molecular complexity index is 617. The first-order chi connectivity index (χ1) is 12.7. The van der Waals surface area contributed by atoms with Crippen LogP contribution in [-0.2, 0) is 4.74 Å². The van der Waals surface area contributed by atoms with E-state index in [2.05, 4.69) is 20.5 Å². The molecule has 1 amide bonds. The molecule has 0 aromatic carbocycles. The second-order valence-electron chi connectivity index (χ2n) is 8.22. The minimum Gasteiger partial charge on any atom is -0.383 e. The molecule has 3 fully saturated rings. The minimum atomic E-state index is -0.169. The molecule has 7 nitrogen and oxygen atoms in total. The van der Waals surface area contributed by atoms with Crippen molar-refractivity contribution in [3.63, 3.8) is 0 Å². The number of nitrogens with one attached hydrogen (secondary N) is 1. The number of carbonyl (C=O) groups is 1. The van der Waals surface area contributed by atoms with Crippen LogP contribution in [0.4, 0.5) is 0 Å². The van der Waals surface area contributed by atoms with E-state index in [-0.39, 0.29) is 5.91 Å². The van der Waals surface area contributed by atoms with Crippen molar-refractivity contribution in [2.24, 2.45) is 5.41 Å². The van der Waals surface area contributed by atoms with Gasteiger partial charge in [0.1, 0.15) is 0 Å². The van der Waals surface area contributed by atoms with Crippen LogP contribution in [0, 0.1) is 5.41 Å². The van der Waals surface area contributed by atoms with Crippen LogP contribution in [-0.4, -0.2) is 65.2 Å². The topological polar surface area (TPSA) is 72.3 Å². The van der Waals surface area contributed by atoms with Crippen LogP contribution >= 0.6 is 0 Å². The first-order valence-corrected chi connectivity index (χ1v) is 10.1. The Kier molecular flexibility index (Phi) is 5.27. The van der Waals surface area contributed by atoms with Gasteiger partial charge in [-0.25, -0.2) is 4.68 Å². The fraction of sp³-hybridized carbons (Fsp3) is 0.842. The number of rotatable bonds is 6. The lowest BCUT2D eigenvalue weighted by Gasteiger charge is -2.54. The molecular weight excluding hydrogens is 330 g/mol. The molecule has 1 spiro atoms. The number of aromatic nitrogens is 3. The van der Waals surface area contributed by atoms with Crippen LogP contribution in [0.3, 0.4) is 0 Å². The monoisotopic (exact) mass is 361 g/mol. The quantitative estimate of drug-likeness (QED) is 0.785. The molecule has 1 unspecified atom stereocenters. The van der Waals surface area contributed by atoms with Crippen LogP contribution in [0.15, 0.2) is 6.20 Å². The molecule has 7 heteroatoms. The molecule has 3 aliphatic rings. The van der Waals surface area contributed by atoms with Gasteiger partial charge in [0, 0.05) is 19.7 Å². The third-order valence-electron chi connectivity index (χ3n) is 6.91. The van der Waals surface area contributed by atoms with Crippen molar-refractivity contribution in [2.45, 2.75) is 63.5 Å². The van der Waals surface area contributed by atoms with Gasteiger partial charge in [-0.05, 0) is 57.0 Å². The van der Waals surface area contributed by atoms with E-state index in [4.69, 9.17) is 4.74 Å². The second kappa shape index (κ2) is 7.64. The number of methoxy groups -OCH3 is 1. The number of nitrogens with zero attached hydrogens (tertiary/aromatic N) is 4. The lowest BCUT2D eigenvalue weighted by Crippen LogP contribution is -2.51. The molecule has 26 heavy (non-hydrogen) atoms. The molecule has 144 valence electrons. The highest BCUT2D eigenvalue weighted by Gasteiger charge is 2.50. The number of ether oxygens (including phenoxy) is 1. The van der Waals surface area contributed by atoms with Crippen molar-refractivity contribution in [1.82, 2.24) is 25.2 Å². The van der Waals surface area contributed by atoms with Gasteiger partial charge in [-0.3, -0.25) is 4.79 Å². The summed E-state index contributed by atoms with van der Waals surface area (Å²) in [5.41, 5.74) is 0.776. The number of carbonyl (C=O) groups excluding carboxylic acids is 1. The largest absolute Gasteiger partial charge is 0.383 e. The Morgan fingerprint density at radius 2 is 2.04 bits per heavy atom. The summed E-state index contributed by atoms with van der Waals surface area (Å²) >= 11 is 0. The number of likely N-dealkylation sites (tertiary alicyclic amines) is 1. The maximum absolute atomic E-state index is 12.1. The lowest BCUT2D eigenvalue weighted by atomic mass is 9.59. The fourth-order valence-electron chi connectivity index (χ4n) is 5.17. The lowest BCUT2D eigenvalue weighted by molar-refractivity contribution is -0.0404. The first-order valence-electron chi connectivity index (χ1n) is 10.1. The van der Waals surface area contributed by atoms with Crippen LogP contribution < -0.4 is 5.32 Å². The fourth-order valence-corrected chi connectivity index (χ4v) is 5.17. The van der Waals surface area contributed by atoms with E-state index < -0.39 is 0 Å². The van der Waals surface area contributed by atoms with Crippen molar-refractivity contribution < 1.29 is 9.53 Å². The van der Waals surface area contributed by atoms with Crippen molar-refractivity contribution >= 4 is 5.91 Å². The summed E-state index contributed by atoms with van der Waals surface area (Å²) in [5, 5.41) is 11.2. The molecule has 2 heterocycles. The van der Waals surface area contributed by atoms with E-state index in [0.29, 0.717) is 30.3 Å². The van der Waals surface area contributed by atoms with Crippen LogP contribution in [0.1, 0.15) is 67.9 Å². The van der Waals surface area contributed by atoms with E-state index in [1.807, 2.05) is 10.9 Å². The standard InChI is InChI=1S/C19H31N5O2/c1-26-13-10-20-18(25)16-14-24(22-21-16)17-6-7-19(17)8-11-23(12-9-19)15-4-2-3-5-15/h14-15,17H,2-13H2,1H3,(H,20,25). The number of hydrogen-bond acceptors (Lipinski definition) is 5. The Balaban J connectivity index is 1.35. The molecule has 1 N–H and O–H groups in total. The number of piperidine rings is 1. The van der Waals surface area contributed by atoms with Crippen molar-refractivity contribution in [1.29, 1.82) is 0 Å². The summed E-state index contributed by atoms with van der Waals surface area (Å²) in [4.78, 5) is 14.9. The van der Waals surface area contributed by atoms with Gasteiger partial charge in [0.05, 0.1) is 18.8 Å². The summed E-state index contributed by atoms with van der Waals surface area (Å²) in [6, 6.07) is 1.24. The summed E-state index contributed by atoms with van der Waals surface area (Å²) in [5.74, 6) is -0.169. The zero-order valence-corrected chi connectivity index (χ0v) is 15.8. The Labute approximate surface area is 155 Å². The van der Waals surface area contributed by atoms with Gasteiger partial charge in [0.15, 0.2) is 5.69 Å². The predicted molar refractivity (Wildman–Crippen MR) is 98.0 cm³/mol. The number of hydrogen-bond donors (Lipinski definition) is 1. The van der Waals surface area contributed by atoms with Gasteiger partial charge in [-0.2, -0.15) is 0 Å². The molecule has 1 aromatic heterocycles. The van der Waals surface area contributed by atoms with Gasteiger partial charge in [0.2, 0.25) is 0 Å². The van der Waals surface area contributed by atoms with Gasteiger partial charge in [-0.1, -0.05) is 18.1 Å². The second-order valence-corrected chi connectivity index (χ2v) is 8.22. The normalized spacial score (nSPS) is 26.1. The summed E-state index contributed by atoms with van der Waals surface area (Å²) in [6.07, 6.45) is 12.4. The van der Waals surface area contributed by atoms with Crippen LogP contribution in [0.25, 0.3) is 0 Å². The Morgan fingerprint density at radius 1 is 1.27 bits per heavy atom. The number of amides is 1. The maximum Gasteiger partial charge on any atom is 0.273 e. The SMILES string of the molecule is COCCNC(=O)c1cn(C2CCC23CCN(C2CCCC2)CC3)nn1. The molecule has 1 saturated heterocycles. The van der Waals surface area contributed by atoms with Crippen molar-refractivity contribution in [3.05, 3.63) is 11.9 Å². The van der Waals surface area contributed by atoms with E-state index >= 15 is 0 Å². The highest BCUT2D eigenvalue weighted by atomic mass is 16.5. The highest BCUT2D eigenvalue weighted by molar-refractivity contribution is 5.91. The molecule has 0 bridgehead atoms. The third-order valence-corrected chi connectivity index (χ3v) is 6.91. The first kappa shape index (κ1) is 17.9. The molecule has 1 atom stereocenters. The maximum atomic E-state index is 12.1. The average Bonchev–Trinajstić information content (AvgIpc) is 3.33. The van der Waals surface area contributed by atoms with Gasteiger partial charge in [0.25, 0.3) is 5.91 Å². The van der Waals surface area contributed by atoms with E-state index in [1.54, 1.807) is 7.11 Å². The van der Waals surface area contributed by atoms with Crippen molar-refractivity contribution in [3.8, 4) is 0 Å². The van der Waals surface area contributed by atoms with Crippen molar-refractivity contribution in [2.75, 3.05) is 33.4 Å². The molecule has 2 saturated carbocycles. The molecule has 4 rings (SSSR count). The highest BCUT2D eigenvalue weighted by Crippen LogP contribution is 2.56. The molecule has 0 radical (unpaired) electrons. The molecule has 1 aliphatic heterocycles.